The predicted molar refractivity (Wildman–Crippen MR) is 86.2 cm³/mol. The fraction of sp³-hybridized carbons (Fsp3) is 0.667. The third kappa shape index (κ3) is 3.80. The lowest BCUT2D eigenvalue weighted by Gasteiger charge is -2.23. The molecule has 0 amide bonds. The average molecular weight is 305 g/mol. The number of aliphatic hydroxyl groups excluding tert-OH is 1. The smallest absolute Gasteiger partial charge is 0.119 e. The minimum absolute atomic E-state index is 0.353. The van der Waals surface area contributed by atoms with Crippen LogP contribution < -0.4 is 4.74 Å². The Kier molecular flexibility index (Phi) is 5.01. The quantitative estimate of drug-likeness (QED) is 0.874. The molecule has 22 heavy (non-hydrogen) atoms. The number of hydrogen-bond acceptors (Lipinski definition) is 4. The molecule has 1 aromatic carbocycles. The molecule has 4 nitrogen and oxygen atoms in total. The number of hydrogen-bond donors (Lipinski definition) is 1. The lowest BCUT2D eigenvalue weighted by molar-refractivity contribution is 0.0705. The number of aliphatic hydroxyl groups is 1. The summed E-state index contributed by atoms with van der Waals surface area (Å²) < 4.78 is 11.2. The van der Waals surface area contributed by atoms with Crippen molar-refractivity contribution in [2.45, 2.75) is 32.3 Å². The van der Waals surface area contributed by atoms with Crippen LogP contribution in [-0.2, 0) is 11.2 Å². The molecule has 4 heteroatoms. The van der Waals surface area contributed by atoms with Gasteiger partial charge in [0, 0.05) is 25.1 Å². The predicted octanol–water partition coefficient (Wildman–Crippen LogP) is 2.10. The van der Waals surface area contributed by atoms with Crippen LogP contribution in [0, 0.1) is 5.41 Å². The number of rotatable bonds is 6. The van der Waals surface area contributed by atoms with Crippen molar-refractivity contribution in [3.05, 3.63) is 29.8 Å². The maximum Gasteiger partial charge on any atom is 0.119 e. The van der Waals surface area contributed by atoms with Crippen LogP contribution in [0.5, 0.6) is 5.75 Å². The van der Waals surface area contributed by atoms with E-state index in [1.54, 1.807) is 0 Å². The molecule has 0 aliphatic carbocycles. The Morgan fingerprint density at radius 2 is 2.14 bits per heavy atom. The second-order valence-electron chi connectivity index (χ2n) is 6.75. The molecule has 0 saturated carbocycles. The van der Waals surface area contributed by atoms with E-state index in [4.69, 9.17) is 9.47 Å². The first kappa shape index (κ1) is 15.8. The first-order valence-corrected chi connectivity index (χ1v) is 8.39. The van der Waals surface area contributed by atoms with Crippen LogP contribution in [0.1, 0.15) is 25.3 Å². The first-order chi connectivity index (χ1) is 10.7. The Morgan fingerprint density at radius 1 is 1.32 bits per heavy atom. The van der Waals surface area contributed by atoms with E-state index in [-0.39, 0.29) is 0 Å². The summed E-state index contributed by atoms with van der Waals surface area (Å²) in [5.41, 5.74) is 1.66. The van der Waals surface area contributed by atoms with Gasteiger partial charge in [0.2, 0.25) is 0 Å². The molecule has 0 aromatic heterocycles. The van der Waals surface area contributed by atoms with E-state index in [2.05, 4.69) is 24.0 Å². The Balaban J connectivity index is 1.41. The number of β-amino-alcohol motifs (C(OH)–C–C–N with tert-alkyl or cyclic N) is 1. The zero-order valence-electron chi connectivity index (χ0n) is 13.5. The second-order valence-corrected chi connectivity index (χ2v) is 6.75. The Labute approximate surface area is 133 Å². The Morgan fingerprint density at radius 3 is 2.82 bits per heavy atom. The van der Waals surface area contributed by atoms with Gasteiger partial charge in [-0.25, -0.2) is 0 Å². The minimum atomic E-state index is -0.441. The van der Waals surface area contributed by atoms with Gasteiger partial charge in [0.1, 0.15) is 18.5 Å². The van der Waals surface area contributed by atoms with Crippen LogP contribution in [0.4, 0.5) is 0 Å². The molecule has 2 saturated heterocycles. The van der Waals surface area contributed by atoms with E-state index in [1.165, 1.54) is 18.4 Å². The van der Waals surface area contributed by atoms with Crippen molar-refractivity contribution in [3.63, 3.8) is 0 Å². The summed E-state index contributed by atoms with van der Waals surface area (Å²) in [6.07, 6.45) is 2.95. The van der Waals surface area contributed by atoms with Crippen molar-refractivity contribution in [3.8, 4) is 5.75 Å². The lowest BCUT2D eigenvalue weighted by Crippen LogP contribution is -2.36. The van der Waals surface area contributed by atoms with Crippen molar-refractivity contribution in [1.29, 1.82) is 0 Å². The van der Waals surface area contributed by atoms with Gasteiger partial charge in [-0.05, 0) is 43.5 Å². The summed E-state index contributed by atoms with van der Waals surface area (Å²) >= 11 is 0. The molecule has 2 atom stereocenters. The highest BCUT2D eigenvalue weighted by Gasteiger charge is 2.41. The molecular formula is C18H27NO3. The van der Waals surface area contributed by atoms with Gasteiger partial charge in [-0.1, -0.05) is 19.1 Å². The molecule has 2 aliphatic rings. The monoisotopic (exact) mass is 305 g/mol. The molecule has 1 N–H and O–H groups in total. The molecule has 2 heterocycles. The Bertz CT molecular complexity index is 468. The van der Waals surface area contributed by atoms with Gasteiger partial charge in [0.05, 0.1) is 6.61 Å². The topological polar surface area (TPSA) is 41.9 Å². The van der Waals surface area contributed by atoms with E-state index in [0.29, 0.717) is 18.6 Å². The summed E-state index contributed by atoms with van der Waals surface area (Å²) in [6, 6.07) is 8.11. The number of aryl methyl sites for hydroxylation is 1. The number of benzene rings is 1. The maximum atomic E-state index is 10.2. The van der Waals surface area contributed by atoms with Crippen LogP contribution >= 0.6 is 0 Å². The summed E-state index contributed by atoms with van der Waals surface area (Å²) in [7, 11) is 0. The number of nitrogens with zero attached hydrogens (tertiary/aromatic N) is 1. The summed E-state index contributed by atoms with van der Waals surface area (Å²) in [5, 5.41) is 10.2. The van der Waals surface area contributed by atoms with Crippen molar-refractivity contribution < 1.29 is 14.6 Å². The average Bonchev–Trinajstić information content (AvgIpc) is 3.16. The number of ether oxygens (including phenoxy) is 2. The second kappa shape index (κ2) is 6.99. The van der Waals surface area contributed by atoms with Gasteiger partial charge in [-0.3, -0.25) is 4.90 Å². The normalized spacial score (nSPS) is 26.6. The van der Waals surface area contributed by atoms with Crippen molar-refractivity contribution in [2.75, 3.05) is 39.5 Å². The number of likely N-dealkylation sites (tertiary alicyclic amines) is 1. The van der Waals surface area contributed by atoms with Crippen molar-refractivity contribution in [1.82, 2.24) is 4.90 Å². The molecule has 1 aromatic rings. The summed E-state index contributed by atoms with van der Waals surface area (Å²) in [5.74, 6) is 0.832. The van der Waals surface area contributed by atoms with E-state index < -0.39 is 6.10 Å². The van der Waals surface area contributed by atoms with Gasteiger partial charge in [0.25, 0.3) is 0 Å². The zero-order valence-corrected chi connectivity index (χ0v) is 13.5. The fourth-order valence-electron chi connectivity index (χ4n) is 3.52. The van der Waals surface area contributed by atoms with Crippen LogP contribution in [0.15, 0.2) is 24.3 Å². The van der Waals surface area contributed by atoms with E-state index in [1.807, 2.05) is 12.1 Å². The van der Waals surface area contributed by atoms with Crippen LogP contribution in [0.2, 0.25) is 0 Å². The highest BCUT2D eigenvalue weighted by molar-refractivity contribution is 5.27. The molecule has 3 rings (SSSR count). The molecule has 2 aliphatic heterocycles. The van der Waals surface area contributed by atoms with Crippen LogP contribution in [0.3, 0.4) is 0 Å². The highest BCUT2D eigenvalue weighted by atomic mass is 16.5. The van der Waals surface area contributed by atoms with Crippen LogP contribution in [-0.4, -0.2) is 55.6 Å². The third-order valence-electron chi connectivity index (χ3n) is 4.95. The SMILES string of the molecule is CCc1ccc(OCC(O)CN2CCC3(CCOC3)C2)cc1. The first-order valence-electron chi connectivity index (χ1n) is 8.39. The van der Waals surface area contributed by atoms with E-state index in [9.17, 15) is 5.11 Å². The molecule has 0 radical (unpaired) electrons. The van der Waals surface area contributed by atoms with Gasteiger partial charge in [-0.15, -0.1) is 0 Å². The van der Waals surface area contributed by atoms with Gasteiger partial charge in [0.15, 0.2) is 0 Å². The molecule has 0 bridgehead atoms. The van der Waals surface area contributed by atoms with Gasteiger partial charge in [-0.2, -0.15) is 0 Å². The maximum absolute atomic E-state index is 10.2. The lowest BCUT2D eigenvalue weighted by atomic mass is 9.87. The molecule has 2 unspecified atom stereocenters. The minimum Gasteiger partial charge on any atom is -0.491 e. The van der Waals surface area contributed by atoms with Gasteiger partial charge >= 0.3 is 0 Å². The van der Waals surface area contributed by atoms with Crippen molar-refractivity contribution in [2.24, 2.45) is 5.41 Å². The summed E-state index contributed by atoms with van der Waals surface area (Å²) in [6.45, 7) is 7.08. The van der Waals surface area contributed by atoms with Crippen LogP contribution in [0.25, 0.3) is 0 Å². The molecule has 1 spiro atoms. The zero-order chi connectivity index (χ0) is 15.4. The molecule has 2 fully saturated rings. The third-order valence-corrected chi connectivity index (χ3v) is 4.95. The molecule has 122 valence electrons. The summed E-state index contributed by atoms with van der Waals surface area (Å²) in [4.78, 5) is 2.35. The largest absolute Gasteiger partial charge is 0.491 e. The standard InChI is InChI=1S/C18H27NO3/c1-2-15-3-5-17(6-4-15)22-12-16(20)11-19-9-7-18(13-19)8-10-21-14-18/h3-6,16,20H,2,7-14H2,1H3. The Hall–Kier alpha value is -1.10. The van der Waals surface area contributed by atoms with E-state index >= 15 is 0 Å². The van der Waals surface area contributed by atoms with Crippen molar-refractivity contribution >= 4 is 0 Å². The fourth-order valence-corrected chi connectivity index (χ4v) is 3.52. The highest BCUT2D eigenvalue weighted by Crippen LogP contribution is 2.38. The molecular weight excluding hydrogens is 278 g/mol. The van der Waals surface area contributed by atoms with Gasteiger partial charge < -0.3 is 14.6 Å². The van der Waals surface area contributed by atoms with E-state index in [0.717, 1.165) is 38.5 Å².